The highest BCUT2D eigenvalue weighted by Gasteiger charge is 2.09. The Morgan fingerprint density at radius 3 is 2.79 bits per heavy atom. The summed E-state index contributed by atoms with van der Waals surface area (Å²) < 4.78 is 0. The minimum atomic E-state index is -0.150. The number of hydrogen-bond acceptors (Lipinski definition) is 5. The summed E-state index contributed by atoms with van der Waals surface area (Å²) in [6, 6.07) is 1.70. The van der Waals surface area contributed by atoms with Gasteiger partial charge in [0.2, 0.25) is 11.9 Å². The molecule has 2 heterocycles. The zero-order chi connectivity index (χ0) is 13.7. The van der Waals surface area contributed by atoms with Crippen molar-refractivity contribution >= 4 is 23.6 Å². The molecule has 2 rings (SSSR count). The number of H-pyrrole nitrogens is 1. The van der Waals surface area contributed by atoms with Crippen LogP contribution >= 0.6 is 11.8 Å². The van der Waals surface area contributed by atoms with E-state index >= 15 is 0 Å². The van der Waals surface area contributed by atoms with E-state index in [1.54, 1.807) is 18.5 Å². The summed E-state index contributed by atoms with van der Waals surface area (Å²) in [6.07, 6.45) is 4.05. The number of imidazole rings is 1. The van der Waals surface area contributed by atoms with Crippen molar-refractivity contribution in [2.45, 2.75) is 25.4 Å². The first-order valence-electron chi connectivity index (χ1n) is 5.94. The topological polar surface area (TPSA) is 83.6 Å². The predicted molar refractivity (Wildman–Crippen MR) is 74.1 cm³/mol. The molecule has 2 N–H and O–H groups in total. The molecular formula is C12H15N5OS. The van der Waals surface area contributed by atoms with E-state index in [-0.39, 0.29) is 11.7 Å². The van der Waals surface area contributed by atoms with Gasteiger partial charge in [-0.3, -0.25) is 10.1 Å². The molecule has 0 aliphatic carbocycles. The van der Waals surface area contributed by atoms with E-state index in [1.165, 1.54) is 11.8 Å². The molecule has 6 nitrogen and oxygen atoms in total. The second-order valence-electron chi connectivity index (χ2n) is 3.88. The lowest BCUT2D eigenvalue weighted by atomic mass is 10.3. The largest absolute Gasteiger partial charge is 0.337 e. The number of hydrogen-bond donors (Lipinski definition) is 2. The van der Waals surface area contributed by atoms with Gasteiger partial charge in [-0.2, -0.15) is 0 Å². The van der Waals surface area contributed by atoms with E-state index in [1.807, 2.05) is 6.92 Å². The first kappa shape index (κ1) is 13.5. The SMILES string of the molecule is CCc1nc(SCC(=O)Nc2ncccn2)[nH]c1C. The van der Waals surface area contributed by atoms with Crippen LogP contribution in [0.5, 0.6) is 0 Å². The van der Waals surface area contributed by atoms with Crippen LogP contribution in [0, 0.1) is 6.92 Å². The summed E-state index contributed by atoms with van der Waals surface area (Å²) in [5, 5.41) is 3.39. The van der Waals surface area contributed by atoms with Crippen LogP contribution < -0.4 is 5.32 Å². The average molecular weight is 277 g/mol. The van der Waals surface area contributed by atoms with Gasteiger partial charge in [0, 0.05) is 18.1 Å². The van der Waals surface area contributed by atoms with Crippen LogP contribution in [0.3, 0.4) is 0 Å². The number of anilines is 1. The van der Waals surface area contributed by atoms with Crippen LogP contribution in [0.25, 0.3) is 0 Å². The molecule has 100 valence electrons. The molecule has 2 aromatic rings. The van der Waals surface area contributed by atoms with Crippen LogP contribution in [-0.2, 0) is 11.2 Å². The zero-order valence-electron chi connectivity index (χ0n) is 10.8. The van der Waals surface area contributed by atoms with E-state index in [4.69, 9.17) is 0 Å². The Morgan fingerprint density at radius 2 is 2.16 bits per heavy atom. The van der Waals surface area contributed by atoms with Gasteiger partial charge in [0.25, 0.3) is 0 Å². The van der Waals surface area contributed by atoms with Crippen molar-refractivity contribution in [2.24, 2.45) is 0 Å². The Balaban J connectivity index is 1.86. The third-order valence-electron chi connectivity index (χ3n) is 2.46. The molecule has 0 fully saturated rings. The monoisotopic (exact) mass is 277 g/mol. The second-order valence-corrected chi connectivity index (χ2v) is 4.84. The molecule has 0 unspecified atom stereocenters. The van der Waals surface area contributed by atoms with Gasteiger partial charge in [0.05, 0.1) is 11.4 Å². The maximum atomic E-state index is 11.7. The van der Waals surface area contributed by atoms with Crippen molar-refractivity contribution in [3.63, 3.8) is 0 Å². The third-order valence-corrected chi connectivity index (χ3v) is 3.33. The lowest BCUT2D eigenvalue weighted by Gasteiger charge is -2.01. The van der Waals surface area contributed by atoms with E-state index in [0.717, 1.165) is 23.0 Å². The Morgan fingerprint density at radius 1 is 1.42 bits per heavy atom. The Bertz CT molecular complexity index is 555. The molecule has 19 heavy (non-hydrogen) atoms. The smallest absolute Gasteiger partial charge is 0.237 e. The van der Waals surface area contributed by atoms with Crippen molar-refractivity contribution in [3.05, 3.63) is 29.8 Å². The summed E-state index contributed by atoms with van der Waals surface area (Å²) in [7, 11) is 0. The number of carbonyl (C=O) groups is 1. The first-order chi connectivity index (χ1) is 9.19. The zero-order valence-corrected chi connectivity index (χ0v) is 11.6. The summed E-state index contributed by atoms with van der Waals surface area (Å²) >= 11 is 1.36. The van der Waals surface area contributed by atoms with Crippen molar-refractivity contribution in [2.75, 3.05) is 11.1 Å². The Hall–Kier alpha value is -1.89. The maximum absolute atomic E-state index is 11.7. The van der Waals surface area contributed by atoms with Gasteiger partial charge in [-0.15, -0.1) is 0 Å². The number of aromatic nitrogens is 4. The molecule has 2 aromatic heterocycles. The molecule has 1 amide bonds. The Labute approximate surface area is 115 Å². The number of carbonyl (C=O) groups excluding carboxylic acids is 1. The number of aromatic amines is 1. The molecule has 0 aromatic carbocycles. The standard InChI is InChI=1S/C12H15N5OS/c1-3-9-8(2)15-12(16-9)19-7-10(18)17-11-13-5-4-6-14-11/h4-6H,3,7H2,1-2H3,(H,15,16)(H,13,14,17,18). The van der Waals surface area contributed by atoms with Gasteiger partial charge in [-0.05, 0) is 19.4 Å². The number of nitrogens with zero attached hydrogens (tertiary/aromatic N) is 3. The molecule has 0 bridgehead atoms. The minimum Gasteiger partial charge on any atom is -0.337 e. The van der Waals surface area contributed by atoms with Gasteiger partial charge in [-0.1, -0.05) is 18.7 Å². The quantitative estimate of drug-likeness (QED) is 0.814. The van der Waals surface area contributed by atoms with E-state index < -0.39 is 0 Å². The fraction of sp³-hybridized carbons (Fsp3) is 0.333. The number of thioether (sulfide) groups is 1. The highest BCUT2D eigenvalue weighted by molar-refractivity contribution is 7.99. The van der Waals surface area contributed by atoms with Crippen molar-refractivity contribution < 1.29 is 4.79 Å². The molecule has 0 spiro atoms. The van der Waals surface area contributed by atoms with Gasteiger partial charge in [-0.25, -0.2) is 15.0 Å². The minimum absolute atomic E-state index is 0.150. The first-order valence-corrected chi connectivity index (χ1v) is 6.92. The van der Waals surface area contributed by atoms with Gasteiger partial charge >= 0.3 is 0 Å². The Kier molecular flexibility index (Phi) is 4.51. The van der Waals surface area contributed by atoms with Gasteiger partial charge in [0.1, 0.15) is 0 Å². The predicted octanol–water partition coefficient (Wildman–Crippen LogP) is 1.80. The third kappa shape index (κ3) is 3.78. The van der Waals surface area contributed by atoms with Crippen molar-refractivity contribution in [1.82, 2.24) is 19.9 Å². The lowest BCUT2D eigenvalue weighted by molar-refractivity contribution is -0.113. The van der Waals surface area contributed by atoms with E-state index in [0.29, 0.717) is 5.95 Å². The maximum Gasteiger partial charge on any atom is 0.237 e. The summed E-state index contributed by atoms with van der Waals surface area (Å²) in [6.45, 7) is 4.03. The van der Waals surface area contributed by atoms with Gasteiger partial charge in [0.15, 0.2) is 5.16 Å². The summed E-state index contributed by atoms with van der Waals surface area (Å²) in [4.78, 5) is 27.1. The van der Waals surface area contributed by atoms with Crippen molar-refractivity contribution in [1.29, 1.82) is 0 Å². The van der Waals surface area contributed by atoms with Gasteiger partial charge < -0.3 is 4.98 Å². The van der Waals surface area contributed by atoms with Crippen LogP contribution in [-0.4, -0.2) is 31.6 Å². The average Bonchev–Trinajstić information content (AvgIpc) is 2.78. The number of rotatable bonds is 5. The molecule has 7 heteroatoms. The highest BCUT2D eigenvalue weighted by Crippen LogP contribution is 2.17. The second kappa shape index (κ2) is 6.33. The van der Waals surface area contributed by atoms with Crippen LogP contribution in [0.2, 0.25) is 0 Å². The fourth-order valence-electron chi connectivity index (χ4n) is 1.54. The highest BCUT2D eigenvalue weighted by atomic mass is 32.2. The molecule has 0 atom stereocenters. The molecule has 0 aliphatic heterocycles. The van der Waals surface area contributed by atoms with Crippen molar-refractivity contribution in [3.8, 4) is 0 Å². The summed E-state index contributed by atoms with van der Waals surface area (Å²) in [5.74, 6) is 0.440. The number of amides is 1. The normalized spacial score (nSPS) is 10.4. The van der Waals surface area contributed by atoms with E-state index in [9.17, 15) is 4.79 Å². The molecule has 0 radical (unpaired) electrons. The number of aryl methyl sites for hydroxylation is 2. The van der Waals surface area contributed by atoms with Crippen LogP contribution in [0.15, 0.2) is 23.6 Å². The van der Waals surface area contributed by atoms with E-state index in [2.05, 4.69) is 32.2 Å². The molecule has 0 saturated carbocycles. The number of nitrogens with one attached hydrogen (secondary N) is 2. The molecule has 0 aliphatic rings. The molecular weight excluding hydrogens is 262 g/mol. The summed E-state index contributed by atoms with van der Waals surface area (Å²) in [5.41, 5.74) is 2.09. The lowest BCUT2D eigenvalue weighted by Crippen LogP contribution is -2.15. The van der Waals surface area contributed by atoms with Crippen LogP contribution in [0.4, 0.5) is 5.95 Å². The van der Waals surface area contributed by atoms with Crippen LogP contribution in [0.1, 0.15) is 18.3 Å². The molecule has 0 saturated heterocycles. The fourth-order valence-corrected chi connectivity index (χ4v) is 2.28.